The molecule has 0 radical (unpaired) electrons. The number of nitrogens with one attached hydrogen (secondary N) is 1. The van der Waals surface area contributed by atoms with Gasteiger partial charge in [-0.05, 0) is 42.5 Å². The Morgan fingerprint density at radius 2 is 1.90 bits per heavy atom. The van der Waals surface area contributed by atoms with Gasteiger partial charge in [-0.3, -0.25) is 4.79 Å². The number of carbonyl (C=O) groups is 2. The smallest absolute Gasteiger partial charge is 0.338 e. The molecule has 12 heteroatoms. The van der Waals surface area contributed by atoms with E-state index < -0.39 is 28.5 Å². The van der Waals surface area contributed by atoms with Gasteiger partial charge in [0.2, 0.25) is 10.0 Å². The predicted octanol–water partition coefficient (Wildman–Crippen LogP) is 1.36. The molecule has 0 atom stereocenters. The van der Waals surface area contributed by atoms with E-state index >= 15 is 0 Å². The summed E-state index contributed by atoms with van der Waals surface area (Å²) in [5, 5.41) is 12.0. The van der Waals surface area contributed by atoms with Crippen LogP contribution in [0.15, 0.2) is 60.0 Å². The Labute approximate surface area is 170 Å². The van der Waals surface area contributed by atoms with Crippen LogP contribution in [0, 0.1) is 0 Å². The summed E-state index contributed by atoms with van der Waals surface area (Å²) >= 11 is 5.98. The molecule has 1 amide bonds. The highest BCUT2D eigenvalue weighted by atomic mass is 35.5. The predicted molar refractivity (Wildman–Crippen MR) is 103 cm³/mol. The van der Waals surface area contributed by atoms with Crippen molar-refractivity contribution in [1.82, 2.24) is 14.8 Å². The van der Waals surface area contributed by atoms with E-state index in [4.69, 9.17) is 21.5 Å². The molecule has 0 aliphatic carbocycles. The largest absolute Gasteiger partial charge is 0.452 e. The molecule has 150 valence electrons. The molecule has 1 aromatic heterocycles. The van der Waals surface area contributed by atoms with Gasteiger partial charge in [-0.25, -0.2) is 28.0 Å². The lowest BCUT2D eigenvalue weighted by Gasteiger charge is -2.11. The first kappa shape index (κ1) is 20.5. The number of hydrogen-bond acceptors (Lipinski definition) is 7. The summed E-state index contributed by atoms with van der Waals surface area (Å²) in [7, 11) is -3.87. The van der Waals surface area contributed by atoms with Crippen molar-refractivity contribution in [2.45, 2.75) is 4.90 Å². The molecule has 1 heterocycles. The van der Waals surface area contributed by atoms with E-state index in [0.717, 1.165) is 0 Å². The Balaban J connectivity index is 1.65. The molecule has 0 spiro atoms. The molecular weight excluding hydrogens is 422 g/mol. The minimum atomic E-state index is -3.87. The number of nitrogens with zero attached hydrogens (tertiary/aromatic N) is 3. The average molecular weight is 436 g/mol. The maximum atomic E-state index is 12.2. The van der Waals surface area contributed by atoms with Gasteiger partial charge in [0, 0.05) is 5.02 Å². The van der Waals surface area contributed by atoms with Crippen LogP contribution >= 0.6 is 11.6 Å². The molecule has 0 fully saturated rings. The standard InChI is InChI=1S/C17H14ClN5O5S/c18-12-3-6-15(23-10-20-9-21-23)14(7-12)22-16(24)8-28-17(25)11-1-4-13(5-2-11)29(19,26)27/h1-7,9-10H,8H2,(H,22,24)(H2,19,26,27). The first-order valence-corrected chi connectivity index (χ1v) is 9.91. The van der Waals surface area contributed by atoms with E-state index in [1.54, 1.807) is 12.1 Å². The Morgan fingerprint density at radius 3 is 2.52 bits per heavy atom. The fourth-order valence-electron chi connectivity index (χ4n) is 2.32. The number of aromatic nitrogens is 3. The van der Waals surface area contributed by atoms with E-state index in [9.17, 15) is 18.0 Å². The summed E-state index contributed by atoms with van der Waals surface area (Å²) in [6.07, 6.45) is 2.79. The second-order valence-corrected chi connectivity index (χ2v) is 7.69. The second-order valence-electron chi connectivity index (χ2n) is 5.70. The van der Waals surface area contributed by atoms with Crippen LogP contribution < -0.4 is 10.5 Å². The lowest BCUT2D eigenvalue weighted by molar-refractivity contribution is -0.119. The van der Waals surface area contributed by atoms with E-state index in [-0.39, 0.29) is 10.5 Å². The van der Waals surface area contributed by atoms with Crippen molar-refractivity contribution >= 4 is 39.2 Å². The number of ether oxygens (including phenoxy) is 1. The molecule has 29 heavy (non-hydrogen) atoms. The molecule has 0 bridgehead atoms. The summed E-state index contributed by atoms with van der Waals surface area (Å²) in [5.41, 5.74) is 0.933. The summed E-state index contributed by atoms with van der Waals surface area (Å²) in [4.78, 5) is 27.9. The molecule has 0 saturated carbocycles. The van der Waals surface area contributed by atoms with Crippen LogP contribution in [0.25, 0.3) is 5.69 Å². The lowest BCUT2D eigenvalue weighted by atomic mass is 10.2. The zero-order chi connectivity index (χ0) is 21.0. The molecule has 2 aromatic carbocycles. The molecular formula is C17H14ClN5O5S. The molecule has 3 rings (SSSR count). The van der Waals surface area contributed by atoms with Crippen LogP contribution in [0.4, 0.5) is 5.69 Å². The Kier molecular flexibility index (Phi) is 5.92. The van der Waals surface area contributed by atoms with Gasteiger partial charge < -0.3 is 10.1 Å². The molecule has 10 nitrogen and oxygen atoms in total. The maximum absolute atomic E-state index is 12.2. The molecule has 3 N–H and O–H groups in total. The van der Waals surface area contributed by atoms with Crippen molar-refractivity contribution in [3.05, 3.63) is 65.7 Å². The lowest BCUT2D eigenvalue weighted by Crippen LogP contribution is -2.22. The summed E-state index contributed by atoms with van der Waals surface area (Å²) in [6, 6.07) is 9.60. The number of hydrogen-bond donors (Lipinski definition) is 2. The van der Waals surface area contributed by atoms with Gasteiger partial charge in [-0.15, -0.1) is 0 Å². The summed E-state index contributed by atoms with van der Waals surface area (Å²) < 4.78 is 28.8. The highest BCUT2D eigenvalue weighted by Gasteiger charge is 2.15. The van der Waals surface area contributed by atoms with Gasteiger partial charge >= 0.3 is 5.97 Å². The maximum Gasteiger partial charge on any atom is 0.338 e. The van der Waals surface area contributed by atoms with E-state index in [2.05, 4.69) is 15.4 Å². The monoisotopic (exact) mass is 435 g/mol. The minimum absolute atomic E-state index is 0.0660. The van der Waals surface area contributed by atoms with Crippen molar-refractivity contribution in [3.63, 3.8) is 0 Å². The van der Waals surface area contributed by atoms with Gasteiger partial charge in [0.05, 0.1) is 21.8 Å². The Bertz CT molecular complexity index is 1150. The normalized spacial score (nSPS) is 11.1. The van der Waals surface area contributed by atoms with E-state index in [1.165, 1.54) is 47.7 Å². The SMILES string of the molecule is NS(=O)(=O)c1ccc(C(=O)OCC(=O)Nc2cc(Cl)ccc2-n2cncn2)cc1. The number of benzene rings is 2. The van der Waals surface area contributed by atoms with Gasteiger partial charge in [0.25, 0.3) is 5.91 Å². The highest BCUT2D eigenvalue weighted by molar-refractivity contribution is 7.89. The molecule has 0 unspecified atom stereocenters. The topological polar surface area (TPSA) is 146 Å². The zero-order valence-electron chi connectivity index (χ0n) is 14.6. The van der Waals surface area contributed by atoms with E-state index in [0.29, 0.717) is 16.4 Å². The van der Waals surface area contributed by atoms with Crippen LogP contribution in [-0.2, 0) is 19.6 Å². The molecule has 0 saturated heterocycles. The molecule has 0 aliphatic heterocycles. The number of anilines is 1. The number of amides is 1. The number of halogens is 1. The third-order valence-corrected chi connectivity index (χ3v) is 4.82. The second kappa shape index (κ2) is 8.39. The van der Waals surface area contributed by atoms with Crippen LogP contribution in [0.1, 0.15) is 10.4 Å². The number of sulfonamides is 1. The Hall–Kier alpha value is -3.28. The number of primary sulfonamides is 1. The van der Waals surface area contributed by atoms with Gasteiger partial charge in [0.15, 0.2) is 6.61 Å². The summed E-state index contributed by atoms with van der Waals surface area (Å²) in [6.45, 7) is -0.570. The fourth-order valence-corrected chi connectivity index (χ4v) is 3.01. The number of nitrogens with two attached hydrogens (primary N) is 1. The molecule has 0 aliphatic rings. The van der Waals surface area contributed by atoms with Gasteiger partial charge in [0.1, 0.15) is 12.7 Å². The van der Waals surface area contributed by atoms with Crippen LogP contribution in [-0.4, -0.2) is 41.7 Å². The van der Waals surface area contributed by atoms with Crippen molar-refractivity contribution in [3.8, 4) is 5.69 Å². The van der Waals surface area contributed by atoms with Crippen molar-refractivity contribution in [1.29, 1.82) is 0 Å². The van der Waals surface area contributed by atoms with Crippen molar-refractivity contribution < 1.29 is 22.7 Å². The van der Waals surface area contributed by atoms with E-state index in [1.807, 2.05) is 0 Å². The quantitative estimate of drug-likeness (QED) is 0.555. The third-order valence-electron chi connectivity index (χ3n) is 3.65. The summed E-state index contributed by atoms with van der Waals surface area (Å²) in [5.74, 6) is -1.41. The number of rotatable bonds is 6. The Morgan fingerprint density at radius 1 is 1.17 bits per heavy atom. The fraction of sp³-hybridized carbons (Fsp3) is 0.0588. The van der Waals surface area contributed by atoms with Gasteiger partial charge in [-0.2, -0.15) is 5.10 Å². The highest BCUT2D eigenvalue weighted by Crippen LogP contribution is 2.24. The number of esters is 1. The van der Waals surface area contributed by atoms with Crippen molar-refractivity contribution in [2.24, 2.45) is 5.14 Å². The first-order chi connectivity index (χ1) is 13.7. The van der Waals surface area contributed by atoms with Gasteiger partial charge in [-0.1, -0.05) is 11.6 Å². The molecule has 3 aromatic rings. The average Bonchev–Trinajstić information content (AvgIpc) is 3.20. The third kappa shape index (κ3) is 5.16. The number of carbonyl (C=O) groups excluding carboxylic acids is 2. The van der Waals surface area contributed by atoms with Crippen LogP contribution in [0.3, 0.4) is 0 Å². The van der Waals surface area contributed by atoms with Crippen molar-refractivity contribution in [2.75, 3.05) is 11.9 Å². The van der Waals surface area contributed by atoms with Crippen LogP contribution in [0.5, 0.6) is 0 Å². The van der Waals surface area contributed by atoms with Crippen LogP contribution in [0.2, 0.25) is 5.02 Å². The zero-order valence-corrected chi connectivity index (χ0v) is 16.2. The first-order valence-electron chi connectivity index (χ1n) is 7.98. The minimum Gasteiger partial charge on any atom is -0.452 e.